The van der Waals surface area contributed by atoms with Gasteiger partial charge in [-0.2, -0.15) is 13.9 Å². The van der Waals surface area contributed by atoms with Crippen LogP contribution in [0.15, 0.2) is 77.9 Å². The molecule has 188 valence electrons. The molecule has 4 rings (SSSR count). The fraction of sp³-hybridized carbons (Fsp3) is 0.296. The minimum Gasteiger partial charge on any atom is -0.484 e. The third kappa shape index (κ3) is 5.30. The summed E-state index contributed by atoms with van der Waals surface area (Å²) < 4.78 is 37.0. The molecule has 2 aromatic carbocycles. The number of carbonyl (C=O) groups excluding carboxylic acids is 1. The predicted octanol–water partition coefficient (Wildman–Crippen LogP) is 4.64. The number of hydrogen-bond acceptors (Lipinski definition) is 4. The van der Waals surface area contributed by atoms with Crippen LogP contribution in [0.4, 0.5) is 8.78 Å². The number of alkyl halides is 2. The molecule has 9 heteroatoms. The van der Waals surface area contributed by atoms with Crippen molar-refractivity contribution in [2.75, 3.05) is 0 Å². The first kappa shape index (κ1) is 25.1. The number of nitrogens with zero attached hydrogens (tertiary/aromatic N) is 3. The Morgan fingerprint density at radius 3 is 2.44 bits per heavy atom. The Bertz CT molecular complexity index is 1420. The van der Waals surface area contributed by atoms with Crippen molar-refractivity contribution in [2.24, 2.45) is 13.0 Å². The number of amides is 1. The van der Waals surface area contributed by atoms with Gasteiger partial charge in [0.15, 0.2) is 0 Å². The van der Waals surface area contributed by atoms with Gasteiger partial charge >= 0.3 is 5.92 Å². The van der Waals surface area contributed by atoms with Crippen molar-refractivity contribution in [3.8, 4) is 11.4 Å². The molecule has 0 saturated heterocycles. The van der Waals surface area contributed by atoms with Gasteiger partial charge in [0.1, 0.15) is 11.9 Å². The highest BCUT2D eigenvalue weighted by molar-refractivity contribution is 5.83. The molecule has 0 fully saturated rings. The van der Waals surface area contributed by atoms with Crippen molar-refractivity contribution in [3.63, 3.8) is 0 Å². The van der Waals surface area contributed by atoms with E-state index in [0.717, 1.165) is 22.2 Å². The summed E-state index contributed by atoms with van der Waals surface area (Å²) in [5, 5.41) is 7.73. The Labute approximate surface area is 207 Å². The van der Waals surface area contributed by atoms with E-state index < -0.39 is 24.0 Å². The number of aryl methyl sites for hydroxylation is 1. The van der Waals surface area contributed by atoms with Crippen molar-refractivity contribution >= 4 is 16.8 Å². The van der Waals surface area contributed by atoms with Crippen LogP contribution in [0.5, 0.6) is 5.75 Å². The molecule has 2 aromatic heterocycles. The number of benzene rings is 2. The van der Waals surface area contributed by atoms with Crippen LogP contribution in [-0.4, -0.2) is 32.2 Å². The minimum atomic E-state index is -3.51. The maximum atomic E-state index is 13.7. The summed E-state index contributed by atoms with van der Waals surface area (Å²) in [7, 11) is 1.67. The quantitative estimate of drug-likeness (QED) is 0.387. The lowest BCUT2D eigenvalue weighted by Crippen LogP contribution is -2.49. The molecule has 0 radical (unpaired) electrons. The van der Waals surface area contributed by atoms with Crippen molar-refractivity contribution < 1.29 is 18.3 Å². The van der Waals surface area contributed by atoms with Gasteiger partial charge in [-0.1, -0.05) is 44.2 Å². The second-order valence-corrected chi connectivity index (χ2v) is 9.19. The highest BCUT2D eigenvalue weighted by atomic mass is 19.3. The van der Waals surface area contributed by atoms with E-state index in [1.54, 1.807) is 36.3 Å². The van der Waals surface area contributed by atoms with Gasteiger partial charge in [-0.05, 0) is 35.7 Å². The molecule has 4 aromatic rings. The van der Waals surface area contributed by atoms with Gasteiger partial charge in [0, 0.05) is 31.6 Å². The molecule has 0 saturated carbocycles. The molecule has 0 unspecified atom stereocenters. The zero-order valence-corrected chi connectivity index (χ0v) is 20.5. The summed E-state index contributed by atoms with van der Waals surface area (Å²) in [6, 6.07) is 17.1. The number of ether oxygens (including phenoxy) is 1. The first-order valence-corrected chi connectivity index (χ1v) is 11.6. The number of fused-ring (bicyclic) bond motifs is 1. The summed E-state index contributed by atoms with van der Waals surface area (Å²) in [6.07, 6.45) is 2.67. The van der Waals surface area contributed by atoms with Crippen molar-refractivity contribution in [1.29, 1.82) is 0 Å². The third-order valence-corrected chi connectivity index (χ3v) is 5.99. The Balaban J connectivity index is 1.69. The lowest BCUT2D eigenvalue weighted by Gasteiger charge is -2.32. The largest absolute Gasteiger partial charge is 0.484 e. The van der Waals surface area contributed by atoms with Crippen LogP contribution < -0.4 is 15.6 Å². The third-order valence-electron chi connectivity index (χ3n) is 5.99. The molecule has 0 aliphatic rings. The zero-order valence-electron chi connectivity index (χ0n) is 20.5. The zero-order chi connectivity index (χ0) is 26.0. The average molecular weight is 495 g/mol. The number of nitrogens with one attached hydrogen (secondary N) is 1. The van der Waals surface area contributed by atoms with Gasteiger partial charge in [0.25, 0.3) is 5.91 Å². The van der Waals surface area contributed by atoms with Gasteiger partial charge < -0.3 is 14.6 Å². The summed E-state index contributed by atoms with van der Waals surface area (Å²) in [4.78, 5) is 23.9. The van der Waals surface area contributed by atoms with E-state index in [1.165, 1.54) is 10.6 Å². The lowest BCUT2D eigenvalue weighted by molar-refractivity contribution is -0.145. The van der Waals surface area contributed by atoms with Gasteiger partial charge in [0.2, 0.25) is 5.56 Å². The number of rotatable bonds is 8. The summed E-state index contributed by atoms with van der Waals surface area (Å²) in [5.74, 6) is -4.56. The number of carbonyl (C=O) groups is 1. The normalized spacial score (nSPS) is 13.5. The molecule has 2 heterocycles. The Hall–Kier alpha value is -4.01. The first-order valence-electron chi connectivity index (χ1n) is 11.6. The molecule has 2 atom stereocenters. The van der Waals surface area contributed by atoms with E-state index in [0.29, 0.717) is 12.7 Å². The number of pyridine rings is 1. The van der Waals surface area contributed by atoms with E-state index in [-0.39, 0.29) is 11.5 Å². The first-order chi connectivity index (χ1) is 17.0. The summed E-state index contributed by atoms with van der Waals surface area (Å²) in [5.41, 5.74) is 2.16. The molecule has 1 amide bonds. The van der Waals surface area contributed by atoms with E-state index >= 15 is 0 Å². The van der Waals surface area contributed by atoms with Crippen LogP contribution in [0.3, 0.4) is 0 Å². The molecule has 0 spiro atoms. The molecule has 36 heavy (non-hydrogen) atoms. The highest BCUT2D eigenvalue weighted by Gasteiger charge is 2.37. The second kappa shape index (κ2) is 9.93. The van der Waals surface area contributed by atoms with E-state index in [1.807, 2.05) is 56.3 Å². The van der Waals surface area contributed by atoms with Gasteiger partial charge in [0.05, 0.1) is 23.4 Å². The van der Waals surface area contributed by atoms with Crippen LogP contribution in [0.2, 0.25) is 0 Å². The van der Waals surface area contributed by atoms with Crippen LogP contribution in [-0.2, 0) is 11.8 Å². The molecular weight excluding hydrogens is 466 g/mol. The van der Waals surface area contributed by atoms with Crippen molar-refractivity contribution in [2.45, 2.75) is 38.8 Å². The maximum absolute atomic E-state index is 13.7. The monoisotopic (exact) mass is 494 g/mol. The van der Waals surface area contributed by atoms with E-state index in [4.69, 9.17) is 4.74 Å². The molecule has 0 bridgehead atoms. The van der Waals surface area contributed by atoms with Crippen LogP contribution in [0, 0.1) is 5.92 Å². The fourth-order valence-electron chi connectivity index (χ4n) is 4.00. The summed E-state index contributed by atoms with van der Waals surface area (Å²) >= 11 is 0. The summed E-state index contributed by atoms with van der Waals surface area (Å²) in [6.45, 7) is 4.27. The number of aromatic nitrogens is 3. The van der Waals surface area contributed by atoms with Gasteiger partial charge in [-0.3, -0.25) is 9.59 Å². The number of hydrogen-bond donors (Lipinski definition) is 1. The predicted molar refractivity (Wildman–Crippen MR) is 134 cm³/mol. The van der Waals surface area contributed by atoms with Crippen LogP contribution in [0.25, 0.3) is 16.6 Å². The fourth-order valence-corrected chi connectivity index (χ4v) is 4.00. The average Bonchev–Trinajstić information content (AvgIpc) is 3.26. The smallest absolute Gasteiger partial charge is 0.321 e. The Kier molecular flexibility index (Phi) is 6.92. The van der Waals surface area contributed by atoms with Crippen LogP contribution >= 0.6 is 0 Å². The minimum absolute atomic E-state index is 0.120. The van der Waals surface area contributed by atoms with Gasteiger partial charge in [-0.25, -0.2) is 4.68 Å². The molecule has 0 aliphatic heterocycles. The van der Waals surface area contributed by atoms with Gasteiger partial charge in [-0.15, -0.1) is 0 Å². The SMILES string of the molecule is CC(C)[C@@H](NC(=O)C(C)(F)F)[C@@H](Oc1ccc2c(cnn2-c2ccc(=O)n(C)c2)c1)c1ccccc1. The van der Waals surface area contributed by atoms with E-state index in [9.17, 15) is 18.4 Å². The lowest BCUT2D eigenvalue weighted by atomic mass is 9.92. The van der Waals surface area contributed by atoms with Crippen molar-refractivity contribution in [3.05, 3.63) is 89.0 Å². The molecule has 0 aliphatic carbocycles. The Morgan fingerprint density at radius 1 is 1.08 bits per heavy atom. The maximum Gasteiger partial charge on any atom is 0.321 e. The molecule has 1 N–H and O–H groups in total. The van der Waals surface area contributed by atoms with Crippen molar-refractivity contribution in [1.82, 2.24) is 19.7 Å². The highest BCUT2D eigenvalue weighted by Crippen LogP contribution is 2.31. The molecular formula is C27H28F2N4O3. The second-order valence-electron chi connectivity index (χ2n) is 9.19. The topological polar surface area (TPSA) is 78.2 Å². The molecule has 7 nitrogen and oxygen atoms in total. The number of halogens is 2. The van der Waals surface area contributed by atoms with E-state index in [2.05, 4.69) is 10.4 Å². The standard InChI is InChI=1S/C27H28F2N4O3/c1-17(2)24(31-26(35)27(3,28)29)25(18-8-6-5-7-9-18)36-21-11-12-22-19(14-21)15-30-33(22)20-10-13-23(34)32(4)16-20/h5-17,24-25H,1-4H3,(H,31,35)/t24-,25+/m1/s1. The van der Waals surface area contributed by atoms with Crippen LogP contribution in [0.1, 0.15) is 32.4 Å². The Morgan fingerprint density at radius 2 is 1.81 bits per heavy atom.